The van der Waals surface area contributed by atoms with E-state index in [1.807, 2.05) is 31.2 Å². The predicted octanol–water partition coefficient (Wildman–Crippen LogP) is 2.55. The van der Waals surface area contributed by atoms with E-state index in [0.29, 0.717) is 6.61 Å². The number of nitrogens with zero attached hydrogens (tertiary/aromatic N) is 1. The van der Waals surface area contributed by atoms with Crippen LogP contribution in [0.25, 0.3) is 0 Å². The zero-order chi connectivity index (χ0) is 15.1. The minimum absolute atomic E-state index is 0.0801. The Kier molecular flexibility index (Phi) is 4.93. The Bertz CT molecular complexity index is 653. The molecule has 21 heavy (non-hydrogen) atoms. The Morgan fingerprint density at radius 1 is 1.29 bits per heavy atom. The number of carbonyl (C=O) groups is 1. The van der Waals surface area contributed by atoms with Gasteiger partial charge in [0.25, 0.3) is 5.91 Å². The molecule has 2 N–H and O–H groups in total. The topological polar surface area (TPSA) is 70.9 Å². The lowest BCUT2D eigenvalue weighted by atomic mass is 10.2. The lowest BCUT2D eigenvalue weighted by Gasteiger charge is -2.03. The van der Waals surface area contributed by atoms with Gasteiger partial charge in [-0.1, -0.05) is 24.3 Å². The number of aromatic hydroxyl groups is 1. The SMILES string of the molecule is CCOc1cccc(/C=N\NC(=O)c2ccccc2O)c1. The third-order valence-electron chi connectivity index (χ3n) is 2.70. The van der Waals surface area contributed by atoms with Gasteiger partial charge in [0, 0.05) is 0 Å². The molecule has 1 amide bonds. The molecule has 0 saturated carbocycles. The molecule has 0 heterocycles. The summed E-state index contributed by atoms with van der Waals surface area (Å²) in [5, 5.41) is 13.4. The summed E-state index contributed by atoms with van der Waals surface area (Å²) in [6.45, 7) is 2.50. The van der Waals surface area contributed by atoms with E-state index in [2.05, 4.69) is 10.5 Å². The lowest BCUT2D eigenvalue weighted by molar-refractivity contribution is 0.0952. The van der Waals surface area contributed by atoms with E-state index in [1.54, 1.807) is 12.1 Å². The molecule has 2 aromatic carbocycles. The average Bonchev–Trinajstić information content (AvgIpc) is 2.48. The minimum atomic E-state index is -0.467. The fourth-order valence-electron chi connectivity index (χ4n) is 1.74. The van der Waals surface area contributed by atoms with Crippen LogP contribution in [0.2, 0.25) is 0 Å². The second kappa shape index (κ2) is 7.09. The maximum atomic E-state index is 11.8. The van der Waals surface area contributed by atoms with E-state index < -0.39 is 5.91 Å². The molecule has 2 rings (SSSR count). The van der Waals surface area contributed by atoms with Gasteiger partial charge in [0.2, 0.25) is 0 Å². The van der Waals surface area contributed by atoms with Gasteiger partial charge in [0.1, 0.15) is 11.5 Å². The van der Waals surface area contributed by atoms with Crippen molar-refractivity contribution in [1.82, 2.24) is 5.43 Å². The van der Waals surface area contributed by atoms with Crippen LogP contribution in [0.15, 0.2) is 53.6 Å². The van der Waals surface area contributed by atoms with Crippen LogP contribution in [0, 0.1) is 0 Å². The summed E-state index contributed by atoms with van der Waals surface area (Å²) in [5.41, 5.74) is 3.35. The number of phenols is 1. The number of amides is 1. The first kappa shape index (κ1) is 14.6. The summed E-state index contributed by atoms with van der Waals surface area (Å²) in [5.74, 6) is 0.197. The molecule has 0 unspecified atom stereocenters. The van der Waals surface area contributed by atoms with Crippen LogP contribution in [-0.4, -0.2) is 23.8 Å². The normalized spacial score (nSPS) is 10.5. The number of carbonyl (C=O) groups excluding carboxylic acids is 1. The van der Waals surface area contributed by atoms with Crippen LogP contribution in [0.4, 0.5) is 0 Å². The first-order valence-electron chi connectivity index (χ1n) is 6.55. The molecule has 0 saturated heterocycles. The lowest BCUT2D eigenvalue weighted by Crippen LogP contribution is -2.17. The van der Waals surface area contributed by atoms with Crippen LogP contribution >= 0.6 is 0 Å². The highest BCUT2D eigenvalue weighted by Crippen LogP contribution is 2.15. The van der Waals surface area contributed by atoms with Crippen LogP contribution in [0.3, 0.4) is 0 Å². The van der Waals surface area contributed by atoms with Gasteiger partial charge in [0.15, 0.2) is 0 Å². The van der Waals surface area contributed by atoms with Crippen molar-refractivity contribution >= 4 is 12.1 Å². The molecule has 0 aromatic heterocycles. The number of hydrazone groups is 1. The van der Waals surface area contributed by atoms with E-state index in [9.17, 15) is 9.90 Å². The molecule has 2 aromatic rings. The highest BCUT2D eigenvalue weighted by molar-refractivity contribution is 5.97. The molecule has 0 aliphatic heterocycles. The summed E-state index contributed by atoms with van der Waals surface area (Å²) in [7, 11) is 0. The van der Waals surface area contributed by atoms with Gasteiger partial charge in [-0.25, -0.2) is 5.43 Å². The summed E-state index contributed by atoms with van der Waals surface area (Å²) in [6.07, 6.45) is 1.51. The molecule has 0 spiro atoms. The van der Waals surface area contributed by atoms with Gasteiger partial charge in [-0.15, -0.1) is 0 Å². The molecular weight excluding hydrogens is 268 g/mol. The number of hydrogen-bond donors (Lipinski definition) is 2. The first-order valence-corrected chi connectivity index (χ1v) is 6.55. The van der Waals surface area contributed by atoms with E-state index in [1.165, 1.54) is 18.3 Å². The van der Waals surface area contributed by atoms with Gasteiger partial charge in [0.05, 0.1) is 18.4 Å². The average molecular weight is 284 g/mol. The molecule has 0 aliphatic carbocycles. The Morgan fingerprint density at radius 3 is 2.86 bits per heavy atom. The Labute approximate surface area is 122 Å². The fourth-order valence-corrected chi connectivity index (χ4v) is 1.74. The van der Waals surface area contributed by atoms with Gasteiger partial charge in [-0.2, -0.15) is 5.10 Å². The zero-order valence-corrected chi connectivity index (χ0v) is 11.6. The molecule has 0 aliphatic rings. The van der Waals surface area contributed by atoms with Crippen molar-refractivity contribution in [2.24, 2.45) is 5.10 Å². The van der Waals surface area contributed by atoms with E-state index in [4.69, 9.17) is 4.74 Å². The van der Waals surface area contributed by atoms with E-state index in [-0.39, 0.29) is 11.3 Å². The Balaban J connectivity index is 2.01. The molecule has 0 atom stereocenters. The molecule has 5 nitrogen and oxygen atoms in total. The highest BCUT2D eigenvalue weighted by Gasteiger charge is 2.08. The number of phenolic OH excluding ortho intramolecular Hbond substituents is 1. The van der Waals surface area contributed by atoms with Crippen molar-refractivity contribution in [3.63, 3.8) is 0 Å². The van der Waals surface area contributed by atoms with Crippen LogP contribution in [-0.2, 0) is 0 Å². The Morgan fingerprint density at radius 2 is 2.10 bits per heavy atom. The fraction of sp³-hybridized carbons (Fsp3) is 0.125. The number of benzene rings is 2. The van der Waals surface area contributed by atoms with Crippen LogP contribution in [0.1, 0.15) is 22.8 Å². The number of ether oxygens (including phenoxy) is 1. The molecule has 5 heteroatoms. The number of hydrogen-bond acceptors (Lipinski definition) is 4. The summed E-state index contributed by atoms with van der Waals surface area (Å²) in [4.78, 5) is 11.8. The van der Waals surface area contributed by atoms with E-state index in [0.717, 1.165) is 11.3 Å². The predicted molar refractivity (Wildman–Crippen MR) is 80.8 cm³/mol. The van der Waals surface area contributed by atoms with Gasteiger partial charge < -0.3 is 9.84 Å². The second-order valence-electron chi connectivity index (χ2n) is 4.22. The zero-order valence-electron chi connectivity index (χ0n) is 11.6. The smallest absolute Gasteiger partial charge is 0.275 e. The highest BCUT2D eigenvalue weighted by atomic mass is 16.5. The maximum Gasteiger partial charge on any atom is 0.275 e. The van der Waals surface area contributed by atoms with Crippen molar-refractivity contribution in [3.05, 3.63) is 59.7 Å². The number of para-hydroxylation sites is 1. The summed E-state index contributed by atoms with van der Waals surface area (Å²) in [6, 6.07) is 13.6. The minimum Gasteiger partial charge on any atom is -0.507 e. The monoisotopic (exact) mass is 284 g/mol. The molecule has 0 fully saturated rings. The third kappa shape index (κ3) is 4.07. The maximum absolute atomic E-state index is 11.8. The van der Waals surface area contributed by atoms with Crippen molar-refractivity contribution in [3.8, 4) is 11.5 Å². The van der Waals surface area contributed by atoms with Gasteiger partial charge >= 0.3 is 0 Å². The standard InChI is InChI=1S/C16H16N2O3/c1-2-21-13-7-5-6-12(10-13)11-17-18-16(20)14-8-3-4-9-15(14)19/h3-11,19H,2H2,1H3,(H,18,20)/b17-11-. The second-order valence-corrected chi connectivity index (χ2v) is 4.22. The molecule has 0 radical (unpaired) electrons. The largest absolute Gasteiger partial charge is 0.507 e. The van der Waals surface area contributed by atoms with Gasteiger partial charge in [-0.3, -0.25) is 4.79 Å². The molecular formula is C16H16N2O3. The summed E-state index contributed by atoms with van der Waals surface area (Å²) < 4.78 is 5.38. The van der Waals surface area contributed by atoms with Crippen LogP contribution < -0.4 is 10.2 Å². The molecule has 108 valence electrons. The van der Waals surface area contributed by atoms with Crippen molar-refractivity contribution in [2.45, 2.75) is 6.92 Å². The quantitative estimate of drug-likeness (QED) is 0.654. The number of nitrogens with one attached hydrogen (secondary N) is 1. The Hall–Kier alpha value is -2.82. The number of rotatable bonds is 5. The van der Waals surface area contributed by atoms with E-state index >= 15 is 0 Å². The van der Waals surface area contributed by atoms with Crippen LogP contribution in [0.5, 0.6) is 11.5 Å². The van der Waals surface area contributed by atoms with Crippen molar-refractivity contribution < 1.29 is 14.6 Å². The summed E-state index contributed by atoms with van der Waals surface area (Å²) >= 11 is 0. The first-order chi connectivity index (χ1) is 10.2. The van der Waals surface area contributed by atoms with Crippen molar-refractivity contribution in [1.29, 1.82) is 0 Å². The molecule has 0 bridgehead atoms. The van der Waals surface area contributed by atoms with Gasteiger partial charge in [-0.05, 0) is 36.8 Å². The third-order valence-corrected chi connectivity index (χ3v) is 2.70. The van der Waals surface area contributed by atoms with Crippen molar-refractivity contribution in [2.75, 3.05) is 6.61 Å².